The first-order valence-corrected chi connectivity index (χ1v) is 14.0. The highest BCUT2D eigenvalue weighted by molar-refractivity contribution is 7.88. The maximum atomic E-state index is 13.6. The van der Waals surface area contributed by atoms with Crippen molar-refractivity contribution in [3.8, 4) is 0 Å². The molecular weight excluding hydrogens is 500 g/mol. The Balaban J connectivity index is 2.06. The number of hydrogen-bond acceptors (Lipinski definition) is 6. The highest BCUT2D eigenvalue weighted by Crippen LogP contribution is 2.49. The van der Waals surface area contributed by atoms with Crippen molar-refractivity contribution in [2.24, 2.45) is 5.73 Å². The molecule has 2 aromatic carbocycles. The van der Waals surface area contributed by atoms with E-state index in [0.717, 1.165) is 11.8 Å². The summed E-state index contributed by atoms with van der Waals surface area (Å²) < 4.78 is 28.3. The van der Waals surface area contributed by atoms with E-state index in [0.29, 0.717) is 23.1 Å². The standard InChI is InChI=1S/C29H30N4O4S/c1-38(36,37)33-28(27(30)34,17-16-22-10-4-2-5-11-22)26(23-12-6-3-7-13-23)29(35,24-14-8-18-31-20-24)25-15-9-19-32-21-25/h2-15,18-21,26,33,35H,16-17H2,1H3,(H2,30,34)/t26-,28+/m1/s1. The average Bonchev–Trinajstić information content (AvgIpc) is 2.93. The number of carbonyl (C=O) groups is 1. The molecule has 4 aromatic rings. The minimum absolute atomic E-state index is 0.0260. The molecule has 2 aromatic heterocycles. The van der Waals surface area contributed by atoms with Crippen molar-refractivity contribution in [3.05, 3.63) is 132 Å². The number of aryl methyl sites for hydroxylation is 1. The Morgan fingerprint density at radius 1 is 0.895 bits per heavy atom. The van der Waals surface area contributed by atoms with Crippen LogP contribution in [0.25, 0.3) is 0 Å². The van der Waals surface area contributed by atoms with Crippen LogP contribution in [-0.4, -0.2) is 41.2 Å². The third-order valence-corrected chi connectivity index (χ3v) is 7.44. The summed E-state index contributed by atoms with van der Waals surface area (Å²) in [5.74, 6) is -2.13. The van der Waals surface area contributed by atoms with Crippen molar-refractivity contribution in [2.75, 3.05) is 6.26 Å². The van der Waals surface area contributed by atoms with Crippen molar-refractivity contribution < 1.29 is 18.3 Å². The van der Waals surface area contributed by atoms with Gasteiger partial charge in [-0.25, -0.2) is 8.42 Å². The fourth-order valence-corrected chi connectivity index (χ4v) is 6.07. The summed E-state index contributed by atoms with van der Waals surface area (Å²) in [7, 11) is -4.00. The lowest BCUT2D eigenvalue weighted by molar-refractivity contribution is -0.128. The van der Waals surface area contributed by atoms with Gasteiger partial charge in [0.05, 0.1) is 6.26 Å². The van der Waals surface area contributed by atoms with Crippen LogP contribution in [0.4, 0.5) is 0 Å². The largest absolute Gasteiger partial charge is 0.380 e. The Hall–Kier alpha value is -3.92. The molecular formula is C29H30N4O4S. The molecule has 0 aliphatic rings. The van der Waals surface area contributed by atoms with Crippen LogP contribution in [0.15, 0.2) is 110 Å². The van der Waals surface area contributed by atoms with Crippen LogP contribution >= 0.6 is 0 Å². The first kappa shape index (κ1) is 27.1. The highest BCUT2D eigenvalue weighted by atomic mass is 32.2. The van der Waals surface area contributed by atoms with E-state index in [4.69, 9.17) is 5.73 Å². The number of sulfonamides is 1. The number of carbonyl (C=O) groups excluding carboxylic acids is 1. The zero-order valence-corrected chi connectivity index (χ0v) is 21.8. The van der Waals surface area contributed by atoms with E-state index in [1.807, 2.05) is 30.3 Å². The van der Waals surface area contributed by atoms with E-state index in [9.17, 15) is 18.3 Å². The van der Waals surface area contributed by atoms with Gasteiger partial charge in [-0.1, -0.05) is 72.8 Å². The molecule has 196 valence electrons. The SMILES string of the molecule is CS(=O)(=O)N[C@](CCc1ccccc1)(C(N)=O)[C@@H](c1ccccc1)C(O)(c1cccnc1)c1cccnc1. The highest BCUT2D eigenvalue weighted by Gasteiger charge is 2.57. The first-order chi connectivity index (χ1) is 18.2. The second-order valence-corrected chi connectivity index (χ2v) is 11.0. The molecule has 0 spiro atoms. The van der Waals surface area contributed by atoms with Crippen LogP contribution in [-0.2, 0) is 26.8 Å². The van der Waals surface area contributed by atoms with Gasteiger partial charge in [0.2, 0.25) is 15.9 Å². The minimum Gasteiger partial charge on any atom is -0.380 e. The Morgan fingerprint density at radius 2 is 1.42 bits per heavy atom. The fourth-order valence-electron chi connectivity index (χ4n) is 5.09. The Kier molecular flexibility index (Phi) is 8.01. The van der Waals surface area contributed by atoms with Crippen LogP contribution in [0, 0.1) is 0 Å². The minimum atomic E-state index is -4.00. The lowest BCUT2D eigenvalue weighted by atomic mass is 9.63. The molecule has 0 aliphatic carbocycles. The van der Waals surface area contributed by atoms with E-state index in [2.05, 4.69) is 14.7 Å². The lowest BCUT2D eigenvalue weighted by Gasteiger charge is -2.47. The van der Waals surface area contributed by atoms with Crippen LogP contribution in [0.2, 0.25) is 0 Å². The molecule has 0 aliphatic heterocycles. The quantitative estimate of drug-likeness (QED) is 0.273. The summed E-state index contributed by atoms with van der Waals surface area (Å²) in [5.41, 5.74) is 4.29. The monoisotopic (exact) mass is 530 g/mol. The van der Waals surface area contributed by atoms with Gasteiger partial charge < -0.3 is 10.8 Å². The van der Waals surface area contributed by atoms with Crippen LogP contribution < -0.4 is 10.5 Å². The molecule has 4 N–H and O–H groups in total. The molecule has 38 heavy (non-hydrogen) atoms. The number of nitrogens with zero attached hydrogens (tertiary/aromatic N) is 2. The second kappa shape index (κ2) is 11.2. The molecule has 0 bridgehead atoms. The van der Waals surface area contributed by atoms with Gasteiger partial charge in [-0.3, -0.25) is 14.8 Å². The maximum Gasteiger partial charge on any atom is 0.239 e. The molecule has 2 atom stereocenters. The predicted molar refractivity (Wildman–Crippen MR) is 145 cm³/mol. The molecule has 8 nitrogen and oxygen atoms in total. The normalized spacial score (nSPS) is 14.4. The average molecular weight is 531 g/mol. The number of benzene rings is 2. The number of primary amides is 1. The smallest absolute Gasteiger partial charge is 0.239 e. The first-order valence-electron chi connectivity index (χ1n) is 12.1. The predicted octanol–water partition coefficient (Wildman–Crippen LogP) is 2.90. The van der Waals surface area contributed by atoms with Crippen molar-refractivity contribution in [1.82, 2.24) is 14.7 Å². The van der Waals surface area contributed by atoms with E-state index in [-0.39, 0.29) is 6.42 Å². The number of aromatic nitrogens is 2. The zero-order chi connectivity index (χ0) is 27.2. The number of aliphatic hydroxyl groups is 1. The van der Waals surface area contributed by atoms with E-state index < -0.39 is 33.0 Å². The topological polar surface area (TPSA) is 135 Å². The van der Waals surface area contributed by atoms with Crippen molar-refractivity contribution in [1.29, 1.82) is 0 Å². The summed E-state index contributed by atoms with van der Waals surface area (Å²) >= 11 is 0. The fraction of sp³-hybridized carbons (Fsp3) is 0.207. The number of amides is 1. The number of hydrogen-bond donors (Lipinski definition) is 3. The Morgan fingerprint density at radius 3 is 1.87 bits per heavy atom. The molecule has 0 radical (unpaired) electrons. The van der Waals surface area contributed by atoms with Crippen LogP contribution in [0.1, 0.15) is 34.6 Å². The summed E-state index contributed by atoms with van der Waals surface area (Å²) in [5, 5.41) is 12.8. The van der Waals surface area contributed by atoms with Gasteiger partial charge in [0.1, 0.15) is 11.1 Å². The Labute approximate surface area is 222 Å². The summed E-state index contributed by atoms with van der Waals surface area (Å²) in [6, 6.07) is 24.9. The molecule has 9 heteroatoms. The van der Waals surface area contributed by atoms with Gasteiger partial charge in [-0.05, 0) is 36.1 Å². The van der Waals surface area contributed by atoms with E-state index in [1.165, 1.54) is 12.4 Å². The number of pyridine rings is 2. The number of nitrogens with two attached hydrogens (primary N) is 1. The van der Waals surface area contributed by atoms with Gasteiger partial charge in [-0.2, -0.15) is 4.72 Å². The summed E-state index contributed by atoms with van der Waals surface area (Å²) in [6.07, 6.45) is 7.38. The van der Waals surface area contributed by atoms with Crippen LogP contribution in [0.3, 0.4) is 0 Å². The molecule has 1 amide bonds. The molecule has 0 saturated carbocycles. The van der Waals surface area contributed by atoms with Crippen molar-refractivity contribution >= 4 is 15.9 Å². The Bertz CT molecular complexity index is 1410. The van der Waals surface area contributed by atoms with Gasteiger partial charge >= 0.3 is 0 Å². The number of rotatable bonds is 11. The third-order valence-electron chi connectivity index (χ3n) is 6.70. The van der Waals surface area contributed by atoms with Gasteiger partial charge in [0.25, 0.3) is 0 Å². The lowest BCUT2D eigenvalue weighted by Crippen LogP contribution is -2.65. The number of nitrogens with one attached hydrogen (secondary N) is 1. The summed E-state index contributed by atoms with van der Waals surface area (Å²) in [6.45, 7) is 0. The molecule has 0 fully saturated rings. The molecule has 0 saturated heterocycles. The molecule has 0 unspecified atom stereocenters. The summed E-state index contributed by atoms with van der Waals surface area (Å²) in [4.78, 5) is 22.0. The van der Waals surface area contributed by atoms with E-state index >= 15 is 0 Å². The van der Waals surface area contributed by atoms with Crippen LogP contribution in [0.5, 0.6) is 0 Å². The molecule has 2 heterocycles. The second-order valence-electron chi connectivity index (χ2n) is 9.29. The molecule has 4 rings (SSSR count). The zero-order valence-electron chi connectivity index (χ0n) is 20.9. The van der Waals surface area contributed by atoms with E-state index in [1.54, 1.807) is 67.0 Å². The van der Waals surface area contributed by atoms with Gasteiger partial charge in [0, 0.05) is 41.8 Å². The van der Waals surface area contributed by atoms with Crippen molar-refractivity contribution in [3.63, 3.8) is 0 Å². The third kappa shape index (κ3) is 5.65. The van der Waals surface area contributed by atoms with Gasteiger partial charge in [-0.15, -0.1) is 0 Å². The van der Waals surface area contributed by atoms with Gasteiger partial charge in [0.15, 0.2) is 0 Å². The maximum absolute atomic E-state index is 13.6. The van der Waals surface area contributed by atoms with Crippen molar-refractivity contribution in [2.45, 2.75) is 29.9 Å².